The van der Waals surface area contributed by atoms with Gasteiger partial charge in [-0.1, -0.05) is 26.8 Å². The van der Waals surface area contributed by atoms with Gasteiger partial charge in [0.05, 0.1) is 0 Å². The summed E-state index contributed by atoms with van der Waals surface area (Å²) in [6, 6.07) is 3.23. The molecule has 2 atom stereocenters. The predicted octanol–water partition coefficient (Wildman–Crippen LogP) is 4.07. The van der Waals surface area contributed by atoms with Gasteiger partial charge >= 0.3 is 0 Å². The van der Waals surface area contributed by atoms with Crippen molar-refractivity contribution in [2.45, 2.75) is 39.8 Å². The zero-order valence-electron chi connectivity index (χ0n) is 9.97. The van der Waals surface area contributed by atoms with Crippen LogP contribution in [-0.4, -0.2) is 0 Å². The van der Waals surface area contributed by atoms with Gasteiger partial charge in [0, 0.05) is 11.3 Å². The Morgan fingerprint density at radius 3 is 2.40 bits per heavy atom. The van der Waals surface area contributed by atoms with E-state index in [1.54, 1.807) is 6.92 Å². The second-order valence-electron chi connectivity index (χ2n) is 3.25. The van der Waals surface area contributed by atoms with Crippen molar-refractivity contribution in [2.75, 3.05) is 5.73 Å². The fourth-order valence-electron chi connectivity index (χ4n) is 1.26. The van der Waals surface area contributed by atoms with Crippen molar-refractivity contribution in [1.82, 2.24) is 0 Å². The molecule has 86 valence electrons. The molecule has 0 radical (unpaired) electrons. The Morgan fingerprint density at radius 1 is 1.40 bits per heavy atom. The summed E-state index contributed by atoms with van der Waals surface area (Å²) in [5, 5.41) is 0. The maximum atomic E-state index is 13.0. The van der Waals surface area contributed by atoms with Crippen molar-refractivity contribution in [3.05, 3.63) is 29.1 Å². The highest BCUT2D eigenvalue weighted by atomic mass is 31.0. The molecule has 0 aromatic heterocycles. The second kappa shape index (κ2) is 6.79. The highest BCUT2D eigenvalue weighted by Gasteiger charge is 2.09. The summed E-state index contributed by atoms with van der Waals surface area (Å²) in [5.74, 6) is -0.227. The monoisotopic (exact) mass is 229 g/mol. The number of aryl methyl sites for hydroxylation is 1. The van der Waals surface area contributed by atoms with Crippen molar-refractivity contribution >= 4 is 14.9 Å². The molecule has 0 spiro atoms. The molecule has 0 saturated heterocycles. The first kappa shape index (κ1) is 14.4. The van der Waals surface area contributed by atoms with E-state index in [0.717, 1.165) is 12.0 Å². The summed E-state index contributed by atoms with van der Waals surface area (Å²) in [6.07, 6.45) is 0.986. The molecule has 0 saturated carbocycles. The average Bonchev–Trinajstić information content (AvgIpc) is 2.25. The number of rotatable bonds is 2. The van der Waals surface area contributed by atoms with Gasteiger partial charge in [0.25, 0.3) is 0 Å². The van der Waals surface area contributed by atoms with Crippen LogP contribution in [0.15, 0.2) is 12.1 Å². The molecule has 0 aliphatic carbocycles. The van der Waals surface area contributed by atoms with Crippen LogP contribution in [-0.2, 0) is 0 Å². The molecule has 1 aromatic rings. The lowest BCUT2D eigenvalue weighted by Gasteiger charge is -2.13. The Kier molecular flexibility index (Phi) is 6.51. The predicted molar refractivity (Wildman–Crippen MR) is 69.6 cm³/mol. The van der Waals surface area contributed by atoms with Gasteiger partial charge in [-0.15, -0.1) is 9.24 Å². The smallest absolute Gasteiger partial charge is 0.128 e. The number of hydrogen-bond donors (Lipinski definition) is 1. The van der Waals surface area contributed by atoms with Gasteiger partial charge in [0.2, 0.25) is 0 Å². The van der Waals surface area contributed by atoms with Gasteiger partial charge < -0.3 is 5.73 Å². The standard InChI is InChI=1S/C10H15FNP.C2H6/c1-3-10(13)7-4-6(2)8(11)5-9(7)12;1-2/h4-5,10H,3,12-13H2,1-2H3;1-2H3. The number of nitrogens with two attached hydrogens (primary N) is 1. The third kappa shape index (κ3) is 3.79. The molecule has 0 bridgehead atoms. The molecule has 2 N–H and O–H groups in total. The number of hydrogen-bond acceptors (Lipinski definition) is 1. The molecule has 0 heterocycles. The highest BCUT2D eigenvalue weighted by molar-refractivity contribution is 7.17. The molecule has 0 amide bonds. The minimum atomic E-state index is -0.227. The van der Waals surface area contributed by atoms with Gasteiger partial charge in [0.15, 0.2) is 0 Å². The first-order chi connectivity index (χ1) is 7.06. The quantitative estimate of drug-likeness (QED) is 0.600. The Labute approximate surface area is 94.5 Å². The van der Waals surface area contributed by atoms with Crippen molar-refractivity contribution in [3.8, 4) is 0 Å². The van der Waals surface area contributed by atoms with E-state index < -0.39 is 0 Å². The largest absolute Gasteiger partial charge is 0.398 e. The molecule has 15 heavy (non-hydrogen) atoms. The lowest BCUT2D eigenvalue weighted by molar-refractivity contribution is 0.618. The highest BCUT2D eigenvalue weighted by Crippen LogP contribution is 2.32. The molecule has 0 aliphatic heterocycles. The van der Waals surface area contributed by atoms with Gasteiger partial charge in [-0.05, 0) is 30.5 Å². The van der Waals surface area contributed by atoms with Crippen LogP contribution in [0.25, 0.3) is 0 Å². The lowest BCUT2D eigenvalue weighted by Crippen LogP contribution is -1.99. The van der Waals surface area contributed by atoms with Crippen LogP contribution < -0.4 is 5.73 Å². The Bertz CT molecular complexity index is 313. The van der Waals surface area contributed by atoms with Crippen molar-refractivity contribution < 1.29 is 4.39 Å². The van der Waals surface area contributed by atoms with E-state index in [2.05, 4.69) is 16.2 Å². The van der Waals surface area contributed by atoms with E-state index in [0.29, 0.717) is 16.9 Å². The third-order valence-corrected chi connectivity index (χ3v) is 3.03. The number of halogens is 1. The second-order valence-corrected chi connectivity index (χ2v) is 4.05. The van der Waals surface area contributed by atoms with Crippen LogP contribution in [0.3, 0.4) is 0 Å². The third-order valence-electron chi connectivity index (χ3n) is 2.20. The fraction of sp³-hybridized carbons (Fsp3) is 0.500. The minimum Gasteiger partial charge on any atom is -0.398 e. The van der Waals surface area contributed by atoms with E-state index in [9.17, 15) is 4.39 Å². The lowest BCUT2D eigenvalue weighted by atomic mass is 10.0. The average molecular weight is 229 g/mol. The van der Waals surface area contributed by atoms with E-state index in [1.165, 1.54) is 6.07 Å². The molecule has 0 aliphatic rings. The van der Waals surface area contributed by atoms with Crippen molar-refractivity contribution in [1.29, 1.82) is 0 Å². The zero-order chi connectivity index (χ0) is 12.0. The van der Waals surface area contributed by atoms with Crippen LogP contribution in [0, 0.1) is 12.7 Å². The normalized spacial score (nSPS) is 11.6. The van der Waals surface area contributed by atoms with E-state index in [1.807, 2.05) is 19.9 Å². The zero-order valence-corrected chi connectivity index (χ0v) is 11.1. The summed E-state index contributed by atoms with van der Waals surface area (Å²) in [4.78, 5) is 0. The molecular formula is C12H21FNP. The summed E-state index contributed by atoms with van der Waals surface area (Å²) in [5.41, 5.74) is 8.26. The van der Waals surface area contributed by atoms with Gasteiger partial charge in [-0.25, -0.2) is 4.39 Å². The summed E-state index contributed by atoms with van der Waals surface area (Å²) < 4.78 is 13.0. The molecule has 3 heteroatoms. The van der Waals surface area contributed by atoms with Crippen LogP contribution in [0.1, 0.15) is 44.0 Å². The Hall–Kier alpha value is -0.620. The summed E-state index contributed by atoms with van der Waals surface area (Å²) >= 11 is 0. The number of anilines is 1. The molecular weight excluding hydrogens is 208 g/mol. The molecule has 1 aromatic carbocycles. The first-order valence-corrected chi connectivity index (χ1v) is 6.04. The first-order valence-electron chi connectivity index (χ1n) is 5.37. The SMILES string of the molecule is CC.CCC(P)c1cc(C)c(F)cc1N. The summed E-state index contributed by atoms with van der Waals surface area (Å²) in [7, 11) is 2.72. The Morgan fingerprint density at radius 2 is 1.93 bits per heavy atom. The van der Waals surface area contributed by atoms with E-state index in [4.69, 9.17) is 5.73 Å². The van der Waals surface area contributed by atoms with Crippen molar-refractivity contribution in [3.63, 3.8) is 0 Å². The minimum absolute atomic E-state index is 0.227. The van der Waals surface area contributed by atoms with E-state index >= 15 is 0 Å². The van der Waals surface area contributed by atoms with E-state index in [-0.39, 0.29) is 5.82 Å². The van der Waals surface area contributed by atoms with Crippen LogP contribution in [0.2, 0.25) is 0 Å². The van der Waals surface area contributed by atoms with Crippen molar-refractivity contribution in [2.24, 2.45) is 0 Å². The maximum Gasteiger partial charge on any atom is 0.128 e. The van der Waals surface area contributed by atoms with Gasteiger partial charge in [-0.3, -0.25) is 0 Å². The topological polar surface area (TPSA) is 26.0 Å². The maximum absolute atomic E-state index is 13.0. The number of nitrogen functional groups attached to an aromatic ring is 1. The number of benzene rings is 1. The Balaban J connectivity index is 0.000000921. The molecule has 0 fully saturated rings. The fourth-order valence-corrected chi connectivity index (χ4v) is 1.55. The molecule has 1 nitrogen and oxygen atoms in total. The van der Waals surface area contributed by atoms with Crippen LogP contribution in [0.5, 0.6) is 0 Å². The molecule has 2 unspecified atom stereocenters. The van der Waals surface area contributed by atoms with Gasteiger partial charge in [0.1, 0.15) is 5.82 Å². The summed E-state index contributed by atoms with van der Waals surface area (Å²) in [6.45, 7) is 7.83. The van der Waals surface area contributed by atoms with Gasteiger partial charge in [-0.2, -0.15) is 0 Å². The van der Waals surface area contributed by atoms with Crippen LogP contribution >= 0.6 is 9.24 Å². The van der Waals surface area contributed by atoms with Crippen LogP contribution in [0.4, 0.5) is 10.1 Å². The molecule has 1 rings (SSSR count).